The third-order valence-electron chi connectivity index (χ3n) is 5.36. The van der Waals surface area contributed by atoms with Crippen LogP contribution in [0.4, 0.5) is 0 Å². The summed E-state index contributed by atoms with van der Waals surface area (Å²) in [6, 6.07) is 6.58. The Bertz CT molecular complexity index is 577. The van der Waals surface area contributed by atoms with E-state index in [1.54, 1.807) is 0 Å². The molecule has 1 fully saturated rings. The predicted octanol–water partition coefficient (Wildman–Crippen LogP) is 2.33. The summed E-state index contributed by atoms with van der Waals surface area (Å²) < 4.78 is 5.42. The van der Waals surface area contributed by atoms with Crippen LogP contribution >= 0.6 is 0 Å². The Labute approximate surface area is 145 Å². The first-order valence-corrected chi connectivity index (χ1v) is 9.25. The lowest BCUT2D eigenvalue weighted by molar-refractivity contribution is -0.121. The van der Waals surface area contributed by atoms with Gasteiger partial charge in [0.25, 0.3) is 0 Å². The fourth-order valence-electron chi connectivity index (χ4n) is 3.74. The molecule has 3 rings (SSSR count). The third-order valence-corrected chi connectivity index (χ3v) is 5.36. The van der Waals surface area contributed by atoms with E-state index in [1.165, 1.54) is 30.4 Å². The molecule has 1 saturated heterocycles. The number of amides is 1. The normalized spacial score (nSPS) is 18.9. The van der Waals surface area contributed by atoms with Gasteiger partial charge in [0.2, 0.25) is 5.91 Å². The topological polar surface area (TPSA) is 41.6 Å². The molecule has 0 aromatic heterocycles. The summed E-state index contributed by atoms with van der Waals surface area (Å²) in [6.07, 6.45) is 5.40. The average Bonchev–Trinajstić information content (AvgIpc) is 2.61. The standard InChI is InChI=1S/C20H30N2O2/c1-20(2,22-9-11-24-12-10-22)15-21-19(23)14-16-7-8-17-5-3-4-6-18(17)13-16/h7-8,13H,3-6,9-12,14-15H2,1-2H3,(H,21,23). The molecule has 0 spiro atoms. The van der Waals surface area contributed by atoms with Crippen molar-refractivity contribution in [1.29, 1.82) is 0 Å². The van der Waals surface area contributed by atoms with E-state index >= 15 is 0 Å². The van der Waals surface area contributed by atoms with Crippen LogP contribution in [0, 0.1) is 0 Å². The Morgan fingerprint density at radius 2 is 1.88 bits per heavy atom. The van der Waals surface area contributed by atoms with Crippen molar-refractivity contribution in [2.24, 2.45) is 0 Å². The molecular formula is C20H30N2O2. The lowest BCUT2D eigenvalue weighted by atomic mass is 9.90. The summed E-state index contributed by atoms with van der Waals surface area (Å²) in [5, 5.41) is 3.13. The molecule has 1 heterocycles. The smallest absolute Gasteiger partial charge is 0.224 e. The zero-order chi connectivity index (χ0) is 17.0. The zero-order valence-electron chi connectivity index (χ0n) is 15.1. The van der Waals surface area contributed by atoms with Gasteiger partial charge < -0.3 is 10.1 Å². The molecule has 2 aliphatic rings. The van der Waals surface area contributed by atoms with Gasteiger partial charge in [0.05, 0.1) is 19.6 Å². The number of aryl methyl sites for hydroxylation is 2. The molecule has 0 saturated carbocycles. The van der Waals surface area contributed by atoms with E-state index in [9.17, 15) is 4.79 Å². The van der Waals surface area contributed by atoms with Gasteiger partial charge >= 0.3 is 0 Å². The molecule has 132 valence electrons. The molecule has 4 heteroatoms. The van der Waals surface area contributed by atoms with Crippen LogP contribution in [0.3, 0.4) is 0 Å². The number of carbonyl (C=O) groups is 1. The lowest BCUT2D eigenvalue weighted by Gasteiger charge is -2.40. The van der Waals surface area contributed by atoms with Gasteiger partial charge in [-0.2, -0.15) is 0 Å². The maximum Gasteiger partial charge on any atom is 0.224 e. The molecular weight excluding hydrogens is 300 g/mol. The van der Waals surface area contributed by atoms with Crippen LogP contribution < -0.4 is 5.32 Å². The van der Waals surface area contributed by atoms with Crippen LogP contribution in [0.1, 0.15) is 43.4 Å². The minimum atomic E-state index is -0.0324. The highest BCUT2D eigenvalue weighted by Crippen LogP contribution is 2.22. The molecule has 0 atom stereocenters. The minimum absolute atomic E-state index is 0.0324. The van der Waals surface area contributed by atoms with Gasteiger partial charge in [0.15, 0.2) is 0 Å². The molecule has 0 unspecified atom stereocenters. The van der Waals surface area contributed by atoms with E-state index in [4.69, 9.17) is 4.74 Å². The molecule has 1 N–H and O–H groups in total. The van der Waals surface area contributed by atoms with Crippen LogP contribution in [0.25, 0.3) is 0 Å². The van der Waals surface area contributed by atoms with Crippen molar-refractivity contribution < 1.29 is 9.53 Å². The van der Waals surface area contributed by atoms with E-state index in [0.29, 0.717) is 13.0 Å². The summed E-state index contributed by atoms with van der Waals surface area (Å²) in [4.78, 5) is 14.8. The SMILES string of the molecule is CC(C)(CNC(=O)Cc1ccc2c(c1)CCCC2)N1CCOCC1. The number of hydrogen-bond donors (Lipinski definition) is 1. The number of ether oxygens (including phenoxy) is 1. The number of nitrogens with one attached hydrogen (secondary N) is 1. The highest BCUT2D eigenvalue weighted by molar-refractivity contribution is 5.78. The Hall–Kier alpha value is -1.39. The molecule has 0 bridgehead atoms. The van der Waals surface area contributed by atoms with Gasteiger partial charge in [-0.1, -0.05) is 18.2 Å². The van der Waals surface area contributed by atoms with Crippen molar-refractivity contribution in [3.63, 3.8) is 0 Å². The van der Waals surface area contributed by atoms with Crippen molar-refractivity contribution in [1.82, 2.24) is 10.2 Å². The molecule has 1 aliphatic heterocycles. The predicted molar refractivity (Wildman–Crippen MR) is 96.3 cm³/mol. The Morgan fingerprint density at radius 3 is 2.62 bits per heavy atom. The quantitative estimate of drug-likeness (QED) is 0.901. The maximum absolute atomic E-state index is 12.4. The van der Waals surface area contributed by atoms with Gasteiger partial charge in [-0.3, -0.25) is 9.69 Å². The van der Waals surface area contributed by atoms with E-state index in [-0.39, 0.29) is 11.4 Å². The summed E-state index contributed by atoms with van der Waals surface area (Å²) in [5.41, 5.74) is 4.02. The largest absolute Gasteiger partial charge is 0.379 e. The summed E-state index contributed by atoms with van der Waals surface area (Å²) in [7, 11) is 0. The number of carbonyl (C=O) groups excluding carboxylic acids is 1. The van der Waals surface area contributed by atoms with E-state index in [2.05, 4.69) is 42.3 Å². The highest BCUT2D eigenvalue weighted by atomic mass is 16.5. The average molecular weight is 330 g/mol. The van der Waals surface area contributed by atoms with Crippen molar-refractivity contribution in [3.8, 4) is 0 Å². The number of nitrogens with zero attached hydrogens (tertiary/aromatic N) is 1. The third kappa shape index (κ3) is 4.37. The molecule has 24 heavy (non-hydrogen) atoms. The number of fused-ring (bicyclic) bond motifs is 1. The van der Waals surface area contributed by atoms with Crippen LogP contribution in [0.5, 0.6) is 0 Å². The number of benzene rings is 1. The van der Waals surface area contributed by atoms with Crippen LogP contribution in [0.15, 0.2) is 18.2 Å². The van der Waals surface area contributed by atoms with E-state index < -0.39 is 0 Å². The van der Waals surface area contributed by atoms with Crippen molar-refractivity contribution >= 4 is 5.91 Å². The number of rotatable bonds is 5. The van der Waals surface area contributed by atoms with Gasteiger partial charge in [-0.05, 0) is 56.2 Å². The Balaban J connectivity index is 1.52. The summed E-state index contributed by atoms with van der Waals surface area (Å²) in [6.45, 7) is 8.51. The number of morpholine rings is 1. The molecule has 4 nitrogen and oxygen atoms in total. The molecule has 1 amide bonds. The maximum atomic E-state index is 12.4. The second kappa shape index (κ2) is 7.66. The van der Waals surface area contributed by atoms with Gasteiger partial charge in [0, 0.05) is 25.2 Å². The van der Waals surface area contributed by atoms with E-state index in [1.807, 2.05) is 0 Å². The lowest BCUT2D eigenvalue weighted by Crippen LogP contribution is -2.55. The fraction of sp³-hybridized carbons (Fsp3) is 0.650. The van der Waals surface area contributed by atoms with Crippen molar-refractivity contribution in [2.75, 3.05) is 32.8 Å². The molecule has 1 aromatic rings. The highest BCUT2D eigenvalue weighted by Gasteiger charge is 2.28. The zero-order valence-corrected chi connectivity index (χ0v) is 15.1. The van der Waals surface area contributed by atoms with Crippen molar-refractivity contribution in [2.45, 2.75) is 51.5 Å². The van der Waals surface area contributed by atoms with Gasteiger partial charge in [-0.25, -0.2) is 0 Å². The van der Waals surface area contributed by atoms with Crippen LogP contribution in [-0.4, -0.2) is 49.2 Å². The summed E-state index contributed by atoms with van der Waals surface area (Å²) in [5.74, 6) is 0.118. The second-order valence-corrected chi connectivity index (χ2v) is 7.68. The first-order chi connectivity index (χ1) is 11.5. The Kier molecular flexibility index (Phi) is 5.57. The van der Waals surface area contributed by atoms with Gasteiger partial charge in [0.1, 0.15) is 0 Å². The van der Waals surface area contributed by atoms with E-state index in [0.717, 1.165) is 38.3 Å². The van der Waals surface area contributed by atoms with Crippen LogP contribution in [-0.2, 0) is 28.8 Å². The second-order valence-electron chi connectivity index (χ2n) is 7.68. The molecule has 1 aromatic carbocycles. The van der Waals surface area contributed by atoms with Gasteiger partial charge in [-0.15, -0.1) is 0 Å². The molecule has 0 radical (unpaired) electrons. The number of hydrogen-bond acceptors (Lipinski definition) is 3. The monoisotopic (exact) mass is 330 g/mol. The fourth-order valence-corrected chi connectivity index (χ4v) is 3.74. The summed E-state index contributed by atoms with van der Waals surface area (Å²) >= 11 is 0. The molecule has 1 aliphatic carbocycles. The Morgan fingerprint density at radius 1 is 1.17 bits per heavy atom. The van der Waals surface area contributed by atoms with Crippen LogP contribution in [0.2, 0.25) is 0 Å². The first kappa shape index (κ1) is 17.4. The first-order valence-electron chi connectivity index (χ1n) is 9.25. The minimum Gasteiger partial charge on any atom is -0.379 e. The van der Waals surface area contributed by atoms with Crippen molar-refractivity contribution in [3.05, 3.63) is 34.9 Å².